The summed E-state index contributed by atoms with van der Waals surface area (Å²) in [6.45, 7) is 6.68. The molecule has 0 saturated carbocycles. The lowest BCUT2D eigenvalue weighted by atomic mass is 10.0. The maximum Gasteiger partial charge on any atom is 0.123 e. The molecule has 0 aromatic heterocycles. The van der Waals surface area contributed by atoms with Crippen molar-refractivity contribution in [1.29, 1.82) is 0 Å². The number of likely N-dealkylation sites (tertiary alicyclic amines) is 1. The Morgan fingerprint density at radius 1 is 1.33 bits per heavy atom. The molecule has 118 valence electrons. The molecular weight excluding hydrogens is 262 g/mol. The molecule has 1 aromatic rings. The first-order valence-electron chi connectivity index (χ1n) is 7.96. The van der Waals surface area contributed by atoms with Crippen LogP contribution in [0.1, 0.15) is 31.4 Å². The Labute approximate surface area is 128 Å². The van der Waals surface area contributed by atoms with E-state index in [2.05, 4.69) is 29.8 Å². The standard InChI is InChI=1S/C17H29N3O/c1-4-20-11-9-14(10-12-20)19(2)13-16(18)15-7-5-6-8-17(15)21-3/h5-8,14,16H,4,9-13,18H2,1-3H3. The molecular formula is C17H29N3O. The van der Waals surface area contributed by atoms with Crippen molar-refractivity contribution in [2.45, 2.75) is 31.8 Å². The van der Waals surface area contributed by atoms with Gasteiger partial charge in [-0.15, -0.1) is 0 Å². The largest absolute Gasteiger partial charge is 0.496 e. The molecule has 1 aliphatic heterocycles. The molecule has 4 heteroatoms. The summed E-state index contributed by atoms with van der Waals surface area (Å²) in [6, 6.07) is 8.70. The fourth-order valence-corrected chi connectivity index (χ4v) is 3.21. The number of hydrogen-bond acceptors (Lipinski definition) is 4. The quantitative estimate of drug-likeness (QED) is 0.871. The van der Waals surface area contributed by atoms with Gasteiger partial charge >= 0.3 is 0 Å². The van der Waals surface area contributed by atoms with Gasteiger partial charge in [-0.2, -0.15) is 0 Å². The first-order chi connectivity index (χ1) is 10.2. The molecule has 0 radical (unpaired) electrons. The van der Waals surface area contributed by atoms with Gasteiger partial charge in [-0.3, -0.25) is 0 Å². The molecule has 1 saturated heterocycles. The van der Waals surface area contributed by atoms with Crippen LogP contribution in [-0.2, 0) is 0 Å². The first-order valence-corrected chi connectivity index (χ1v) is 7.96. The lowest BCUT2D eigenvalue weighted by molar-refractivity contribution is 0.127. The van der Waals surface area contributed by atoms with Crippen LogP contribution in [0.4, 0.5) is 0 Å². The summed E-state index contributed by atoms with van der Waals surface area (Å²) in [5.41, 5.74) is 7.50. The van der Waals surface area contributed by atoms with Gasteiger partial charge in [0, 0.05) is 24.2 Å². The van der Waals surface area contributed by atoms with E-state index >= 15 is 0 Å². The summed E-state index contributed by atoms with van der Waals surface area (Å²) >= 11 is 0. The molecule has 1 aliphatic rings. The SMILES string of the molecule is CCN1CCC(N(C)CC(N)c2ccccc2OC)CC1. The normalized spacial score (nSPS) is 18.9. The fourth-order valence-electron chi connectivity index (χ4n) is 3.21. The average molecular weight is 291 g/mol. The number of para-hydroxylation sites is 1. The predicted molar refractivity (Wildman–Crippen MR) is 87.7 cm³/mol. The summed E-state index contributed by atoms with van der Waals surface area (Å²) < 4.78 is 5.42. The van der Waals surface area contributed by atoms with Gasteiger partial charge in [0.25, 0.3) is 0 Å². The third-order valence-corrected chi connectivity index (χ3v) is 4.65. The average Bonchev–Trinajstić information content (AvgIpc) is 2.54. The monoisotopic (exact) mass is 291 g/mol. The van der Waals surface area contributed by atoms with Gasteiger partial charge in [0.05, 0.1) is 7.11 Å². The summed E-state index contributed by atoms with van der Waals surface area (Å²) in [5, 5.41) is 0. The predicted octanol–water partition coefficient (Wildman–Crippen LogP) is 2.11. The minimum Gasteiger partial charge on any atom is -0.496 e. The van der Waals surface area contributed by atoms with E-state index in [1.54, 1.807) is 7.11 Å². The van der Waals surface area contributed by atoms with E-state index in [-0.39, 0.29) is 6.04 Å². The van der Waals surface area contributed by atoms with Crippen LogP contribution in [0.3, 0.4) is 0 Å². The molecule has 4 nitrogen and oxygen atoms in total. The number of ether oxygens (including phenoxy) is 1. The minimum atomic E-state index is -0.00430. The highest BCUT2D eigenvalue weighted by Crippen LogP contribution is 2.25. The second kappa shape index (κ2) is 7.78. The van der Waals surface area contributed by atoms with Gasteiger partial charge < -0.3 is 20.3 Å². The van der Waals surface area contributed by atoms with Crippen LogP contribution in [0, 0.1) is 0 Å². The highest BCUT2D eigenvalue weighted by Gasteiger charge is 2.23. The summed E-state index contributed by atoms with van der Waals surface area (Å²) in [4.78, 5) is 4.94. The van der Waals surface area contributed by atoms with E-state index in [0.29, 0.717) is 6.04 Å². The second-order valence-corrected chi connectivity index (χ2v) is 5.95. The highest BCUT2D eigenvalue weighted by atomic mass is 16.5. The number of benzene rings is 1. The van der Waals surface area contributed by atoms with Crippen LogP contribution in [0.15, 0.2) is 24.3 Å². The molecule has 1 fully saturated rings. The molecule has 1 heterocycles. The Bertz CT molecular complexity index is 430. The van der Waals surface area contributed by atoms with Gasteiger partial charge in [-0.1, -0.05) is 25.1 Å². The van der Waals surface area contributed by atoms with Crippen LogP contribution in [0.25, 0.3) is 0 Å². The zero-order chi connectivity index (χ0) is 15.2. The number of hydrogen-bond donors (Lipinski definition) is 1. The van der Waals surface area contributed by atoms with Crippen molar-refractivity contribution in [3.63, 3.8) is 0 Å². The van der Waals surface area contributed by atoms with Gasteiger partial charge in [0.15, 0.2) is 0 Å². The van der Waals surface area contributed by atoms with Gasteiger partial charge in [-0.05, 0) is 45.6 Å². The fraction of sp³-hybridized carbons (Fsp3) is 0.647. The molecule has 2 rings (SSSR count). The Hall–Kier alpha value is -1.10. The van der Waals surface area contributed by atoms with E-state index in [4.69, 9.17) is 10.5 Å². The van der Waals surface area contributed by atoms with Crippen LogP contribution < -0.4 is 10.5 Å². The summed E-state index contributed by atoms with van der Waals surface area (Å²) in [7, 11) is 3.90. The van der Waals surface area contributed by atoms with E-state index < -0.39 is 0 Å². The Morgan fingerprint density at radius 3 is 2.62 bits per heavy atom. The van der Waals surface area contributed by atoms with E-state index in [0.717, 1.165) is 24.4 Å². The van der Waals surface area contributed by atoms with Crippen LogP contribution in [-0.4, -0.2) is 56.2 Å². The Kier molecular flexibility index (Phi) is 6.03. The molecule has 0 bridgehead atoms. The second-order valence-electron chi connectivity index (χ2n) is 5.95. The van der Waals surface area contributed by atoms with Gasteiger partial charge in [0.1, 0.15) is 5.75 Å². The first kappa shape index (κ1) is 16.3. The molecule has 21 heavy (non-hydrogen) atoms. The van der Waals surface area contributed by atoms with Crippen molar-refractivity contribution in [2.75, 3.05) is 40.3 Å². The summed E-state index contributed by atoms with van der Waals surface area (Å²) in [6.07, 6.45) is 2.48. The molecule has 2 N–H and O–H groups in total. The van der Waals surface area contributed by atoms with Crippen molar-refractivity contribution in [2.24, 2.45) is 5.73 Å². The number of likely N-dealkylation sites (N-methyl/N-ethyl adjacent to an activating group) is 1. The number of nitrogens with two attached hydrogens (primary N) is 1. The number of methoxy groups -OCH3 is 1. The van der Waals surface area contributed by atoms with Crippen molar-refractivity contribution in [3.8, 4) is 5.75 Å². The zero-order valence-electron chi connectivity index (χ0n) is 13.6. The topological polar surface area (TPSA) is 41.7 Å². The van der Waals surface area contributed by atoms with Crippen molar-refractivity contribution < 1.29 is 4.74 Å². The smallest absolute Gasteiger partial charge is 0.123 e. The number of nitrogens with zero attached hydrogens (tertiary/aromatic N) is 2. The third-order valence-electron chi connectivity index (χ3n) is 4.65. The van der Waals surface area contributed by atoms with Crippen LogP contribution in [0.5, 0.6) is 5.75 Å². The lowest BCUT2D eigenvalue weighted by Gasteiger charge is -2.37. The number of rotatable bonds is 6. The highest BCUT2D eigenvalue weighted by molar-refractivity contribution is 5.35. The van der Waals surface area contributed by atoms with E-state index in [1.807, 2.05) is 18.2 Å². The number of piperidine rings is 1. The molecule has 0 aliphatic carbocycles. The van der Waals surface area contributed by atoms with Crippen molar-refractivity contribution >= 4 is 0 Å². The molecule has 0 spiro atoms. The maximum atomic E-state index is 6.40. The molecule has 1 aromatic carbocycles. The minimum absolute atomic E-state index is 0.00430. The molecule has 1 unspecified atom stereocenters. The van der Waals surface area contributed by atoms with Gasteiger partial charge in [0.2, 0.25) is 0 Å². The summed E-state index contributed by atoms with van der Waals surface area (Å²) in [5.74, 6) is 0.888. The third kappa shape index (κ3) is 4.19. The Balaban J connectivity index is 1.91. The van der Waals surface area contributed by atoms with E-state index in [9.17, 15) is 0 Å². The van der Waals surface area contributed by atoms with Gasteiger partial charge in [-0.25, -0.2) is 0 Å². The van der Waals surface area contributed by atoms with Crippen molar-refractivity contribution in [1.82, 2.24) is 9.80 Å². The zero-order valence-corrected chi connectivity index (χ0v) is 13.6. The van der Waals surface area contributed by atoms with Crippen molar-refractivity contribution in [3.05, 3.63) is 29.8 Å². The molecule has 0 amide bonds. The lowest BCUT2D eigenvalue weighted by Crippen LogP contribution is -2.45. The van der Waals surface area contributed by atoms with Crippen LogP contribution >= 0.6 is 0 Å². The maximum absolute atomic E-state index is 6.40. The Morgan fingerprint density at radius 2 is 2.00 bits per heavy atom. The molecule has 1 atom stereocenters. The van der Waals surface area contributed by atoms with Crippen LogP contribution in [0.2, 0.25) is 0 Å². The van der Waals surface area contributed by atoms with E-state index in [1.165, 1.54) is 25.9 Å².